The van der Waals surface area contributed by atoms with Crippen LogP contribution in [0.4, 0.5) is 0 Å². The van der Waals surface area contributed by atoms with E-state index in [9.17, 15) is 0 Å². The van der Waals surface area contributed by atoms with E-state index in [1.54, 1.807) is 18.3 Å². The maximum atomic E-state index is 9.01. The average molecular weight is 205 g/mol. The van der Waals surface area contributed by atoms with E-state index in [2.05, 4.69) is 22.9 Å². The molecule has 0 radical (unpaired) electrons. The summed E-state index contributed by atoms with van der Waals surface area (Å²) >= 11 is 1.63. The third kappa shape index (κ3) is 2.03. The first-order chi connectivity index (χ1) is 6.75. The molecule has 1 aromatic rings. The van der Waals surface area contributed by atoms with Crippen LogP contribution in [0.3, 0.4) is 0 Å². The fourth-order valence-electron chi connectivity index (χ4n) is 1.30. The van der Waals surface area contributed by atoms with Crippen molar-refractivity contribution in [2.24, 2.45) is 0 Å². The Hall–Kier alpha value is -1.11. The van der Waals surface area contributed by atoms with Crippen molar-refractivity contribution in [1.29, 1.82) is 0 Å². The summed E-state index contributed by atoms with van der Waals surface area (Å²) in [6.07, 6.45) is 5.77. The lowest BCUT2D eigenvalue weighted by Crippen LogP contribution is -1.92. The number of hydrogen-bond donors (Lipinski definition) is 1. The van der Waals surface area contributed by atoms with Crippen LogP contribution in [0.2, 0.25) is 0 Å². The molecule has 14 heavy (non-hydrogen) atoms. The lowest BCUT2D eigenvalue weighted by molar-refractivity contribution is 0.253. The number of fused-ring (bicyclic) bond motifs is 1. The maximum absolute atomic E-state index is 9.01. The van der Waals surface area contributed by atoms with Crippen molar-refractivity contribution >= 4 is 17.4 Å². The highest BCUT2D eigenvalue weighted by Gasteiger charge is 2.09. The molecular weight excluding hydrogens is 194 g/mol. The van der Waals surface area contributed by atoms with E-state index < -0.39 is 6.10 Å². The van der Waals surface area contributed by atoms with Crippen LogP contribution < -0.4 is 0 Å². The fourth-order valence-corrected chi connectivity index (χ4v) is 2.23. The molecule has 2 nitrogen and oxygen atoms in total. The number of rotatable bonds is 0. The van der Waals surface area contributed by atoms with Crippen molar-refractivity contribution in [2.45, 2.75) is 25.9 Å². The number of allylic oxidation sites excluding steroid dienone is 1. The van der Waals surface area contributed by atoms with Gasteiger partial charge < -0.3 is 5.11 Å². The molecular formula is C11H11NOS. The Labute approximate surface area is 87.3 Å². The van der Waals surface area contributed by atoms with Crippen molar-refractivity contribution < 1.29 is 5.11 Å². The highest BCUT2D eigenvalue weighted by molar-refractivity contribution is 7.12. The number of hydrogen-bond acceptors (Lipinski definition) is 3. The number of aromatic nitrogens is 1. The van der Waals surface area contributed by atoms with Crippen molar-refractivity contribution in [3.63, 3.8) is 0 Å². The summed E-state index contributed by atoms with van der Waals surface area (Å²) in [6, 6.07) is 0. The Morgan fingerprint density at radius 2 is 2.50 bits per heavy atom. The average Bonchev–Trinajstić information content (AvgIpc) is 2.57. The molecule has 0 fully saturated rings. The third-order valence-corrected chi connectivity index (χ3v) is 2.98. The minimum Gasteiger partial charge on any atom is -0.381 e. The van der Waals surface area contributed by atoms with Gasteiger partial charge in [-0.15, -0.1) is 11.3 Å². The summed E-state index contributed by atoms with van der Waals surface area (Å²) in [5, 5.41) is 9.81. The molecule has 1 N–H and O–H groups in total. The molecule has 0 spiro atoms. The number of aliphatic hydroxyl groups is 1. The Morgan fingerprint density at radius 1 is 1.64 bits per heavy atom. The van der Waals surface area contributed by atoms with E-state index in [0.29, 0.717) is 0 Å². The monoisotopic (exact) mass is 205 g/mol. The van der Waals surface area contributed by atoms with Gasteiger partial charge in [0.25, 0.3) is 0 Å². The van der Waals surface area contributed by atoms with E-state index in [1.165, 1.54) is 4.88 Å². The first kappa shape index (κ1) is 9.45. The normalized spacial score (nSPS) is 15.6. The van der Waals surface area contributed by atoms with Gasteiger partial charge in [0.15, 0.2) is 5.01 Å². The molecule has 72 valence electrons. The largest absolute Gasteiger partial charge is 0.381 e. The van der Waals surface area contributed by atoms with Gasteiger partial charge in [-0.3, -0.25) is 0 Å². The maximum Gasteiger partial charge on any atom is 0.167 e. The lowest BCUT2D eigenvalue weighted by atomic mass is 10.1. The predicted molar refractivity (Wildman–Crippen MR) is 58.0 cm³/mol. The van der Waals surface area contributed by atoms with Gasteiger partial charge in [0.2, 0.25) is 0 Å². The summed E-state index contributed by atoms with van der Waals surface area (Å²) in [5.41, 5.74) is 1.05. The Balaban J connectivity index is 2.27. The Kier molecular flexibility index (Phi) is 2.67. The molecule has 0 aromatic carbocycles. The van der Waals surface area contributed by atoms with Crippen LogP contribution in [0.5, 0.6) is 0 Å². The highest BCUT2D eigenvalue weighted by atomic mass is 32.1. The quantitative estimate of drug-likeness (QED) is 0.655. The number of aliphatic hydroxyl groups excluding tert-OH is 1. The summed E-state index contributed by atoms with van der Waals surface area (Å²) in [5.74, 6) is 5.58. The molecule has 0 saturated carbocycles. The first-order valence-corrected chi connectivity index (χ1v) is 5.43. The van der Waals surface area contributed by atoms with Crippen LogP contribution in [-0.2, 0) is 6.42 Å². The van der Waals surface area contributed by atoms with Crippen molar-refractivity contribution in [2.75, 3.05) is 0 Å². The van der Waals surface area contributed by atoms with E-state index >= 15 is 0 Å². The standard InChI is InChI=1S/C11H11NOS/c1-8(13)6-7-11-12-9-4-2-3-5-10(9)14-11/h2,4,8,13H,3,5H2,1H3/t8-/m1/s1. The van der Waals surface area contributed by atoms with Crippen LogP contribution >= 0.6 is 11.3 Å². The van der Waals surface area contributed by atoms with Gasteiger partial charge in [-0.1, -0.05) is 12.0 Å². The van der Waals surface area contributed by atoms with E-state index in [0.717, 1.165) is 23.5 Å². The van der Waals surface area contributed by atoms with Crippen molar-refractivity contribution in [3.8, 4) is 11.8 Å². The molecule has 0 saturated heterocycles. The second-order valence-electron chi connectivity index (χ2n) is 3.21. The highest BCUT2D eigenvalue weighted by Crippen LogP contribution is 2.24. The van der Waals surface area contributed by atoms with Crippen LogP contribution in [0.1, 0.15) is 28.9 Å². The van der Waals surface area contributed by atoms with Gasteiger partial charge in [-0.25, -0.2) is 4.98 Å². The van der Waals surface area contributed by atoms with E-state index in [1.807, 2.05) is 6.08 Å². The first-order valence-electron chi connectivity index (χ1n) is 4.61. The van der Waals surface area contributed by atoms with Gasteiger partial charge in [0.1, 0.15) is 6.10 Å². The summed E-state index contributed by atoms with van der Waals surface area (Å²) in [6.45, 7) is 1.65. The van der Waals surface area contributed by atoms with E-state index in [4.69, 9.17) is 5.11 Å². The molecule has 1 aromatic heterocycles. The van der Waals surface area contributed by atoms with E-state index in [-0.39, 0.29) is 0 Å². The molecule has 1 heterocycles. The Morgan fingerprint density at radius 3 is 3.21 bits per heavy atom. The molecule has 1 aliphatic rings. The van der Waals surface area contributed by atoms with Crippen molar-refractivity contribution in [3.05, 3.63) is 21.7 Å². The number of aryl methyl sites for hydroxylation is 1. The van der Waals surface area contributed by atoms with Crippen LogP contribution in [0.15, 0.2) is 6.08 Å². The molecule has 0 unspecified atom stereocenters. The van der Waals surface area contributed by atoms with Crippen LogP contribution in [0, 0.1) is 11.8 Å². The molecule has 3 heteroatoms. The van der Waals surface area contributed by atoms with Gasteiger partial charge in [-0.05, 0) is 31.8 Å². The van der Waals surface area contributed by atoms with Crippen LogP contribution in [-0.4, -0.2) is 16.2 Å². The minimum atomic E-state index is -0.577. The summed E-state index contributed by atoms with van der Waals surface area (Å²) in [4.78, 5) is 5.68. The predicted octanol–water partition coefficient (Wildman–Crippen LogP) is 1.83. The zero-order chi connectivity index (χ0) is 9.97. The fraction of sp³-hybridized carbons (Fsp3) is 0.364. The second kappa shape index (κ2) is 3.95. The van der Waals surface area contributed by atoms with Gasteiger partial charge in [0.05, 0.1) is 5.69 Å². The Bertz CT molecular complexity index is 420. The van der Waals surface area contributed by atoms with Crippen LogP contribution in [0.25, 0.3) is 6.08 Å². The van der Waals surface area contributed by atoms with Gasteiger partial charge >= 0.3 is 0 Å². The van der Waals surface area contributed by atoms with Gasteiger partial charge in [0, 0.05) is 4.88 Å². The third-order valence-electron chi connectivity index (χ3n) is 1.93. The van der Waals surface area contributed by atoms with Crippen molar-refractivity contribution in [1.82, 2.24) is 4.98 Å². The number of nitrogens with zero attached hydrogens (tertiary/aromatic N) is 1. The molecule has 1 aliphatic carbocycles. The zero-order valence-corrected chi connectivity index (χ0v) is 8.77. The molecule has 0 amide bonds. The second-order valence-corrected chi connectivity index (χ2v) is 4.30. The molecule has 1 atom stereocenters. The molecule has 0 bridgehead atoms. The summed E-state index contributed by atoms with van der Waals surface area (Å²) < 4.78 is 0. The summed E-state index contributed by atoms with van der Waals surface area (Å²) in [7, 11) is 0. The molecule has 0 aliphatic heterocycles. The minimum absolute atomic E-state index is 0.577. The SMILES string of the molecule is C[C@@H](O)C#Cc1nc2c(s1)CCC=C2. The van der Waals surface area contributed by atoms with Gasteiger partial charge in [-0.2, -0.15) is 0 Å². The smallest absolute Gasteiger partial charge is 0.167 e. The number of thiazole rings is 1. The lowest BCUT2D eigenvalue weighted by Gasteiger charge is -1.99. The zero-order valence-electron chi connectivity index (χ0n) is 7.95. The molecule has 2 rings (SSSR count). The topological polar surface area (TPSA) is 33.1 Å².